The number of ether oxygens (including phenoxy) is 3. The zero-order chi connectivity index (χ0) is 29.8. The Labute approximate surface area is 233 Å². The standard InChI is InChI=1S/C28H27F3N4O6/c1-3-39-22-11-6-5-10-21(22)34-26(37)27(38)35-32-16-18-12-13-23(24(14-18)40-4-2)41-17-25(36)33-20-9-7-8-19(15-20)28(29,30)31/h5-16H,3-4,17H2,1-2H3,(H,33,36)(H,34,37)(H,35,38)/b32-16-. The number of alkyl halides is 3. The molecule has 0 spiro atoms. The Morgan fingerprint density at radius 2 is 1.54 bits per heavy atom. The average molecular weight is 573 g/mol. The van der Waals surface area contributed by atoms with Gasteiger partial charge in [-0.25, -0.2) is 5.43 Å². The Kier molecular flexibility index (Phi) is 10.7. The molecule has 0 fully saturated rings. The van der Waals surface area contributed by atoms with Gasteiger partial charge in [-0.3, -0.25) is 14.4 Å². The van der Waals surface area contributed by atoms with Crippen LogP contribution in [-0.2, 0) is 20.6 Å². The number of nitrogens with one attached hydrogen (secondary N) is 3. The van der Waals surface area contributed by atoms with Gasteiger partial charge in [-0.2, -0.15) is 18.3 Å². The van der Waals surface area contributed by atoms with E-state index in [4.69, 9.17) is 14.2 Å². The van der Waals surface area contributed by atoms with Crippen LogP contribution in [0.5, 0.6) is 17.2 Å². The molecule has 216 valence electrons. The van der Waals surface area contributed by atoms with Gasteiger partial charge in [-0.05, 0) is 67.9 Å². The smallest absolute Gasteiger partial charge is 0.416 e. The van der Waals surface area contributed by atoms with Crippen LogP contribution in [-0.4, -0.2) is 43.8 Å². The van der Waals surface area contributed by atoms with E-state index in [-0.39, 0.29) is 23.8 Å². The number of carbonyl (C=O) groups is 3. The lowest BCUT2D eigenvalue weighted by molar-refractivity contribution is -0.137. The summed E-state index contributed by atoms with van der Waals surface area (Å²) in [5, 5.41) is 8.59. The maximum Gasteiger partial charge on any atom is 0.416 e. The van der Waals surface area contributed by atoms with Crippen LogP contribution >= 0.6 is 0 Å². The molecule has 3 aromatic rings. The molecule has 10 nitrogen and oxygen atoms in total. The van der Waals surface area contributed by atoms with Crippen LogP contribution in [0.15, 0.2) is 71.8 Å². The van der Waals surface area contributed by atoms with E-state index >= 15 is 0 Å². The molecule has 41 heavy (non-hydrogen) atoms. The summed E-state index contributed by atoms with van der Waals surface area (Å²) >= 11 is 0. The van der Waals surface area contributed by atoms with Gasteiger partial charge < -0.3 is 24.8 Å². The fourth-order valence-corrected chi connectivity index (χ4v) is 3.35. The van der Waals surface area contributed by atoms with E-state index in [9.17, 15) is 27.6 Å². The average Bonchev–Trinajstić information content (AvgIpc) is 2.93. The van der Waals surface area contributed by atoms with Gasteiger partial charge in [-0.1, -0.05) is 18.2 Å². The molecular weight excluding hydrogens is 545 g/mol. The number of hydrogen-bond donors (Lipinski definition) is 3. The predicted molar refractivity (Wildman–Crippen MR) is 145 cm³/mol. The lowest BCUT2D eigenvalue weighted by Gasteiger charge is -2.13. The molecule has 3 rings (SSSR count). The van der Waals surface area contributed by atoms with Crippen molar-refractivity contribution in [3.63, 3.8) is 0 Å². The number of rotatable bonds is 11. The van der Waals surface area contributed by atoms with Crippen LogP contribution in [0.3, 0.4) is 0 Å². The van der Waals surface area contributed by atoms with Crippen LogP contribution in [0.2, 0.25) is 0 Å². The van der Waals surface area contributed by atoms with Gasteiger partial charge in [0.05, 0.1) is 30.7 Å². The summed E-state index contributed by atoms with van der Waals surface area (Å²) in [5.74, 6) is -1.78. The molecule has 0 radical (unpaired) electrons. The summed E-state index contributed by atoms with van der Waals surface area (Å²) in [7, 11) is 0. The summed E-state index contributed by atoms with van der Waals surface area (Å²) in [5.41, 5.74) is 2.01. The zero-order valence-electron chi connectivity index (χ0n) is 22.1. The molecule has 3 N–H and O–H groups in total. The first-order chi connectivity index (χ1) is 19.6. The Balaban J connectivity index is 1.57. The number of carbonyl (C=O) groups excluding carboxylic acids is 3. The highest BCUT2D eigenvalue weighted by Gasteiger charge is 2.30. The van der Waals surface area contributed by atoms with Gasteiger partial charge >= 0.3 is 18.0 Å². The lowest BCUT2D eigenvalue weighted by atomic mass is 10.2. The Bertz CT molecular complexity index is 1410. The Morgan fingerprint density at radius 3 is 2.27 bits per heavy atom. The summed E-state index contributed by atoms with van der Waals surface area (Å²) < 4.78 is 55.1. The van der Waals surface area contributed by atoms with Crippen molar-refractivity contribution in [2.24, 2.45) is 5.10 Å². The van der Waals surface area contributed by atoms with Crippen molar-refractivity contribution in [1.82, 2.24) is 5.43 Å². The van der Waals surface area contributed by atoms with E-state index < -0.39 is 36.1 Å². The van der Waals surface area contributed by atoms with Gasteiger partial charge in [0, 0.05) is 5.69 Å². The van der Waals surface area contributed by atoms with Crippen molar-refractivity contribution in [2.75, 3.05) is 30.5 Å². The number of benzene rings is 3. The molecule has 0 bridgehead atoms. The number of para-hydroxylation sites is 2. The highest BCUT2D eigenvalue weighted by molar-refractivity contribution is 6.39. The van der Waals surface area contributed by atoms with Gasteiger partial charge in [0.15, 0.2) is 18.1 Å². The summed E-state index contributed by atoms with van der Waals surface area (Å²) in [6.07, 6.45) is -3.27. The molecule has 3 aromatic carbocycles. The first-order valence-corrected chi connectivity index (χ1v) is 12.3. The first-order valence-electron chi connectivity index (χ1n) is 12.3. The number of hydrogen-bond acceptors (Lipinski definition) is 7. The van der Waals surface area contributed by atoms with Gasteiger partial charge in [0.2, 0.25) is 0 Å². The molecule has 0 saturated heterocycles. The summed E-state index contributed by atoms with van der Waals surface area (Å²) in [6.45, 7) is 3.66. The van der Waals surface area contributed by atoms with Crippen molar-refractivity contribution in [1.29, 1.82) is 0 Å². The minimum atomic E-state index is -4.54. The highest BCUT2D eigenvalue weighted by atomic mass is 19.4. The minimum absolute atomic E-state index is 0.0285. The number of anilines is 2. The van der Waals surface area contributed by atoms with Gasteiger partial charge in [-0.15, -0.1) is 0 Å². The molecule has 0 aliphatic heterocycles. The molecular formula is C28H27F3N4O6. The molecule has 13 heteroatoms. The Morgan fingerprint density at radius 1 is 0.805 bits per heavy atom. The van der Waals surface area contributed by atoms with E-state index in [1.54, 1.807) is 44.2 Å². The minimum Gasteiger partial charge on any atom is -0.492 e. The monoisotopic (exact) mass is 572 g/mol. The van der Waals surface area contributed by atoms with Crippen molar-refractivity contribution >= 4 is 35.3 Å². The van der Waals surface area contributed by atoms with Crippen LogP contribution in [0.25, 0.3) is 0 Å². The third-order valence-electron chi connectivity index (χ3n) is 5.12. The van der Waals surface area contributed by atoms with Crippen molar-refractivity contribution in [3.8, 4) is 17.2 Å². The van der Waals surface area contributed by atoms with E-state index in [1.165, 1.54) is 30.5 Å². The number of nitrogens with zero attached hydrogens (tertiary/aromatic N) is 1. The zero-order valence-corrected chi connectivity index (χ0v) is 22.1. The van der Waals surface area contributed by atoms with Gasteiger partial charge in [0.1, 0.15) is 5.75 Å². The number of hydrazone groups is 1. The molecule has 3 amide bonds. The Hall–Kier alpha value is -5.07. The van der Waals surface area contributed by atoms with E-state index in [1.807, 2.05) is 0 Å². The normalized spacial score (nSPS) is 11.0. The molecule has 0 unspecified atom stereocenters. The number of amides is 3. The topological polar surface area (TPSA) is 127 Å². The second-order valence-corrected chi connectivity index (χ2v) is 8.14. The fraction of sp³-hybridized carbons (Fsp3) is 0.214. The SMILES string of the molecule is CCOc1ccccc1NC(=O)C(=O)N/N=C\c1ccc(OCC(=O)Nc2cccc(C(F)(F)F)c2)c(OCC)c1. The quantitative estimate of drug-likeness (QED) is 0.175. The lowest BCUT2D eigenvalue weighted by Crippen LogP contribution is -2.32. The molecule has 0 atom stereocenters. The van der Waals surface area contributed by atoms with Crippen LogP contribution in [0, 0.1) is 0 Å². The predicted octanol–water partition coefficient (Wildman–Crippen LogP) is 4.61. The second kappa shape index (κ2) is 14.4. The summed E-state index contributed by atoms with van der Waals surface area (Å²) in [4.78, 5) is 36.6. The fourth-order valence-electron chi connectivity index (χ4n) is 3.35. The van der Waals surface area contributed by atoms with Crippen LogP contribution in [0.1, 0.15) is 25.0 Å². The van der Waals surface area contributed by atoms with E-state index in [0.717, 1.165) is 12.1 Å². The maximum absolute atomic E-state index is 12.9. The van der Waals surface area contributed by atoms with Crippen LogP contribution in [0.4, 0.5) is 24.5 Å². The van der Waals surface area contributed by atoms with E-state index in [2.05, 4.69) is 21.2 Å². The van der Waals surface area contributed by atoms with Crippen molar-refractivity contribution in [3.05, 3.63) is 77.9 Å². The molecule has 0 aliphatic carbocycles. The number of halogens is 3. The van der Waals surface area contributed by atoms with Gasteiger partial charge in [0.25, 0.3) is 5.91 Å². The molecule has 0 saturated carbocycles. The second-order valence-electron chi connectivity index (χ2n) is 8.14. The third kappa shape index (κ3) is 9.27. The van der Waals surface area contributed by atoms with Crippen molar-refractivity contribution in [2.45, 2.75) is 20.0 Å². The molecule has 0 heterocycles. The molecule has 0 aromatic heterocycles. The largest absolute Gasteiger partial charge is 0.492 e. The molecule has 0 aliphatic rings. The summed E-state index contributed by atoms with van der Waals surface area (Å²) in [6, 6.07) is 15.5. The van der Waals surface area contributed by atoms with E-state index in [0.29, 0.717) is 23.6 Å². The third-order valence-corrected chi connectivity index (χ3v) is 5.12. The maximum atomic E-state index is 12.9. The first kappa shape index (κ1) is 30.5. The van der Waals surface area contributed by atoms with Crippen LogP contribution < -0.4 is 30.3 Å². The highest BCUT2D eigenvalue weighted by Crippen LogP contribution is 2.31. The van der Waals surface area contributed by atoms with Crippen molar-refractivity contribution < 1.29 is 41.8 Å².